The molecule has 8 nitrogen and oxygen atoms in total. The van der Waals surface area contributed by atoms with Crippen LogP contribution >= 0.6 is 0 Å². The van der Waals surface area contributed by atoms with Crippen molar-refractivity contribution in [3.05, 3.63) is 83.6 Å². The third-order valence-electron chi connectivity index (χ3n) is 5.47. The molecular weight excluding hydrogens is 466 g/mol. The monoisotopic (exact) mass is 495 g/mol. The van der Waals surface area contributed by atoms with E-state index < -0.39 is 22.8 Å². The lowest BCUT2D eigenvalue weighted by molar-refractivity contribution is 0.0648. The molecule has 0 saturated heterocycles. The topological polar surface area (TPSA) is 110 Å². The summed E-state index contributed by atoms with van der Waals surface area (Å²) in [6.45, 7) is 4.21. The van der Waals surface area contributed by atoms with Crippen molar-refractivity contribution in [3.8, 4) is 5.75 Å². The van der Waals surface area contributed by atoms with Gasteiger partial charge in [-0.1, -0.05) is 35.9 Å². The number of aromatic nitrogens is 1. The molecule has 1 aliphatic heterocycles. The number of anilines is 2. The first-order valence-corrected chi connectivity index (χ1v) is 12.8. The summed E-state index contributed by atoms with van der Waals surface area (Å²) >= 11 is 0. The Bertz CT molecular complexity index is 1280. The van der Waals surface area contributed by atoms with Gasteiger partial charge >= 0.3 is 0 Å². The van der Waals surface area contributed by atoms with Gasteiger partial charge in [0.05, 0.1) is 17.5 Å². The highest BCUT2D eigenvalue weighted by atomic mass is 32.2. The second-order valence-corrected chi connectivity index (χ2v) is 9.87. The van der Waals surface area contributed by atoms with Crippen LogP contribution in [0, 0.1) is 6.92 Å². The number of aliphatic hydroxyl groups excluding tert-OH is 1. The predicted molar refractivity (Wildman–Crippen MR) is 136 cm³/mol. The quantitative estimate of drug-likeness (QED) is 0.360. The maximum Gasteiger partial charge on any atom is 0.297 e. The zero-order valence-electron chi connectivity index (χ0n) is 19.6. The molecule has 1 aliphatic rings. The molecule has 0 saturated carbocycles. The van der Waals surface area contributed by atoms with Crippen molar-refractivity contribution in [3.63, 3.8) is 0 Å². The minimum atomic E-state index is -3.94. The Labute approximate surface area is 205 Å². The summed E-state index contributed by atoms with van der Waals surface area (Å²) in [5, 5.41) is 16.8. The lowest BCUT2D eigenvalue weighted by Crippen LogP contribution is -2.25. The zero-order valence-corrected chi connectivity index (χ0v) is 20.5. The minimum Gasteiger partial charge on any atom is -0.491 e. The Morgan fingerprint density at radius 1 is 1.11 bits per heavy atom. The van der Waals surface area contributed by atoms with E-state index in [0.29, 0.717) is 5.75 Å². The number of aryl methyl sites for hydroxylation is 1. The van der Waals surface area contributed by atoms with Crippen LogP contribution in [0.2, 0.25) is 0 Å². The van der Waals surface area contributed by atoms with Crippen LogP contribution in [-0.4, -0.2) is 44.4 Å². The van der Waals surface area contributed by atoms with Gasteiger partial charge in [-0.15, -0.1) is 0 Å². The molecule has 3 N–H and O–H groups in total. The molecule has 2 atom stereocenters. The van der Waals surface area contributed by atoms with Crippen molar-refractivity contribution in [2.45, 2.75) is 30.9 Å². The maximum atomic E-state index is 12.3. The van der Waals surface area contributed by atoms with Crippen LogP contribution in [0.4, 0.5) is 11.5 Å². The summed E-state index contributed by atoms with van der Waals surface area (Å²) in [6, 6.07) is 15.9. The molecule has 3 aromatic rings. The van der Waals surface area contributed by atoms with Crippen molar-refractivity contribution >= 4 is 27.7 Å². The first-order chi connectivity index (χ1) is 16.8. The molecule has 1 unspecified atom stereocenters. The number of hydrogen-bond acceptors (Lipinski definition) is 8. The van der Waals surface area contributed by atoms with E-state index in [0.717, 1.165) is 34.7 Å². The standard InChI is InChI=1S/C26H29N3O5S/c1-3-27-26-13-7-20(15-28-26)25-11-6-19-14-22(8-12-24(19)29-25)33-16-21(30)17-34-35(31,32)23-9-4-18(2)5-10-23/h4-15,21,25,29-30H,3,16-17H2,1-2H3,(H,27,28)/t21?,25-/m0/s1. The van der Waals surface area contributed by atoms with E-state index in [9.17, 15) is 13.5 Å². The summed E-state index contributed by atoms with van der Waals surface area (Å²) < 4.78 is 35.2. The number of aliphatic hydroxyl groups is 1. The lowest BCUT2D eigenvalue weighted by Gasteiger charge is -2.23. The molecule has 0 fully saturated rings. The molecule has 2 aromatic carbocycles. The number of pyridine rings is 1. The molecule has 184 valence electrons. The Kier molecular flexibility index (Phi) is 7.70. The van der Waals surface area contributed by atoms with Gasteiger partial charge in [0.25, 0.3) is 10.1 Å². The van der Waals surface area contributed by atoms with Gasteiger partial charge in [-0.05, 0) is 55.8 Å². The lowest BCUT2D eigenvalue weighted by atomic mass is 10.0. The van der Waals surface area contributed by atoms with Crippen LogP contribution in [-0.2, 0) is 14.3 Å². The van der Waals surface area contributed by atoms with E-state index in [4.69, 9.17) is 8.92 Å². The molecule has 0 amide bonds. The number of nitrogens with one attached hydrogen (secondary N) is 2. The van der Waals surface area contributed by atoms with Crippen LogP contribution in [0.25, 0.3) is 6.08 Å². The SMILES string of the molecule is CCNc1ccc([C@@H]2C=Cc3cc(OCC(O)COS(=O)(=O)c4ccc(C)cc4)ccc3N2)cn1. The number of benzene rings is 2. The summed E-state index contributed by atoms with van der Waals surface area (Å²) in [4.78, 5) is 4.48. The number of fused-ring (bicyclic) bond motifs is 1. The summed E-state index contributed by atoms with van der Waals surface area (Å²) in [6.07, 6.45) is 4.80. The van der Waals surface area contributed by atoms with Gasteiger partial charge in [0, 0.05) is 24.0 Å². The molecule has 0 bridgehead atoms. The first-order valence-electron chi connectivity index (χ1n) is 11.4. The fourth-order valence-electron chi connectivity index (χ4n) is 3.57. The highest BCUT2D eigenvalue weighted by Gasteiger charge is 2.19. The van der Waals surface area contributed by atoms with Crippen molar-refractivity contribution in [2.75, 3.05) is 30.4 Å². The molecule has 0 spiro atoms. The van der Waals surface area contributed by atoms with Gasteiger partial charge in [0.15, 0.2) is 0 Å². The Hall–Kier alpha value is -3.40. The Morgan fingerprint density at radius 2 is 1.91 bits per heavy atom. The van der Waals surface area contributed by atoms with Crippen molar-refractivity contribution in [1.29, 1.82) is 0 Å². The molecule has 0 radical (unpaired) electrons. The maximum absolute atomic E-state index is 12.3. The molecule has 9 heteroatoms. The van der Waals surface area contributed by atoms with E-state index in [1.54, 1.807) is 18.2 Å². The van der Waals surface area contributed by atoms with Crippen LogP contribution in [0.15, 0.2) is 71.8 Å². The smallest absolute Gasteiger partial charge is 0.297 e. The highest BCUT2D eigenvalue weighted by molar-refractivity contribution is 7.86. The molecule has 35 heavy (non-hydrogen) atoms. The van der Waals surface area contributed by atoms with Gasteiger partial charge < -0.3 is 20.5 Å². The summed E-state index contributed by atoms with van der Waals surface area (Å²) in [7, 11) is -3.94. The number of nitrogens with zero attached hydrogens (tertiary/aromatic N) is 1. The average molecular weight is 496 g/mol. The molecule has 1 aromatic heterocycles. The van der Waals surface area contributed by atoms with E-state index in [-0.39, 0.29) is 17.5 Å². The highest BCUT2D eigenvalue weighted by Crippen LogP contribution is 2.32. The van der Waals surface area contributed by atoms with Crippen LogP contribution in [0.1, 0.15) is 29.7 Å². The van der Waals surface area contributed by atoms with E-state index in [1.807, 2.05) is 50.4 Å². The van der Waals surface area contributed by atoms with Crippen molar-refractivity contribution in [2.24, 2.45) is 0 Å². The van der Waals surface area contributed by atoms with Gasteiger partial charge in [0.1, 0.15) is 24.3 Å². The first kappa shape index (κ1) is 24.7. The number of rotatable bonds is 10. The molecular formula is C26H29N3O5S. The van der Waals surface area contributed by atoms with E-state index >= 15 is 0 Å². The molecule has 0 aliphatic carbocycles. The van der Waals surface area contributed by atoms with Crippen molar-refractivity contribution < 1.29 is 22.4 Å². The van der Waals surface area contributed by atoms with Gasteiger partial charge in [-0.25, -0.2) is 4.98 Å². The van der Waals surface area contributed by atoms with E-state index in [2.05, 4.69) is 21.7 Å². The second kappa shape index (κ2) is 10.9. The Balaban J connectivity index is 1.30. The van der Waals surface area contributed by atoms with Gasteiger partial charge in [-0.3, -0.25) is 4.18 Å². The normalized spacial score (nSPS) is 15.7. The molecule has 2 heterocycles. The second-order valence-electron chi connectivity index (χ2n) is 8.25. The Morgan fingerprint density at radius 3 is 2.63 bits per heavy atom. The third-order valence-corrected chi connectivity index (χ3v) is 6.77. The number of hydrogen-bond donors (Lipinski definition) is 3. The summed E-state index contributed by atoms with van der Waals surface area (Å²) in [5.41, 5.74) is 3.90. The van der Waals surface area contributed by atoms with Crippen molar-refractivity contribution in [1.82, 2.24) is 4.98 Å². The fraction of sp³-hybridized carbons (Fsp3) is 0.269. The zero-order chi connectivity index (χ0) is 24.8. The summed E-state index contributed by atoms with van der Waals surface area (Å²) in [5.74, 6) is 1.41. The minimum absolute atomic E-state index is 0.00638. The number of ether oxygens (including phenoxy) is 1. The largest absolute Gasteiger partial charge is 0.491 e. The third kappa shape index (κ3) is 6.39. The van der Waals surface area contributed by atoms with E-state index in [1.165, 1.54) is 12.1 Å². The van der Waals surface area contributed by atoms with Crippen LogP contribution in [0.5, 0.6) is 5.75 Å². The average Bonchev–Trinajstić information content (AvgIpc) is 2.87. The van der Waals surface area contributed by atoms with Crippen LogP contribution in [0.3, 0.4) is 0 Å². The van der Waals surface area contributed by atoms with Crippen LogP contribution < -0.4 is 15.4 Å². The predicted octanol–water partition coefficient (Wildman–Crippen LogP) is 4.15. The van der Waals surface area contributed by atoms with Gasteiger partial charge in [0.2, 0.25) is 0 Å². The molecule has 4 rings (SSSR count). The van der Waals surface area contributed by atoms with Gasteiger partial charge in [-0.2, -0.15) is 8.42 Å². The fourth-order valence-corrected chi connectivity index (χ4v) is 4.51.